The van der Waals surface area contributed by atoms with Crippen LogP contribution < -0.4 is 9.80 Å². The van der Waals surface area contributed by atoms with Crippen molar-refractivity contribution in [3.8, 4) is 11.4 Å². The van der Waals surface area contributed by atoms with Crippen LogP contribution in [0.2, 0.25) is 0 Å². The molecule has 1 aliphatic rings. The largest absolute Gasteiger partial charge is 0.369 e. The number of rotatable bonds is 4. The Balaban J connectivity index is 1.52. The van der Waals surface area contributed by atoms with E-state index in [0.29, 0.717) is 11.9 Å². The van der Waals surface area contributed by atoms with E-state index in [1.165, 1.54) is 5.69 Å². The van der Waals surface area contributed by atoms with Crippen LogP contribution in [-0.4, -0.2) is 50.9 Å². The van der Waals surface area contributed by atoms with E-state index in [1.807, 2.05) is 30.1 Å². The number of hydrogen-bond donors (Lipinski definition) is 0. The second-order valence-electron chi connectivity index (χ2n) is 7.81. The standard InChI is InChI=1S/C23H25N7/c1-28(19-11-7-13-30(16-19)18-9-4-3-5-10-18)22-20-15-25-29(2)23(20)27-21(26-22)17-8-6-12-24-14-17/h3-6,8-10,12,14-15,19H,7,11,13,16H2,1-2H3. The van der Waals surface area contributed by atoms with Gasteiger partial charge in [-0.2, -0.15) is 5.10 Å². The van der Waals surface area contributed by atoms with Crippen molar-refractivity contribution in [2.45, 2.75) is 18.9 Å². The highest BCUT2D eigenvalue weighted by Gasteiger charge is 2.26. The summed E-state index contributed by atoms with van der Waals surface area (Å²) in [6, 6.07) is 14.9. The molecule has 4 aromatic rings. The van der Waals surface area contributed by atoms with E-state index in [9.17, 15) is 0 Å². The highest BCUT2D eigenvalue weighted by atomic mass is 15.3. The Morgan fingerprint density at radius 3 is 2.70 bits per heavy atom. The van der Waals surface area contributed by atoms with Crippen LogP contribution in [0.4, 0.5) is 11.5 Å². The predicted octanol–water partition coefficient (Wildman–Crippen LogP) is 3.53. The van der Waals surface area contributed by atoms with Crippen molar-refractivity contribution in [2.75, 3.05) is 29.9 Å². The summed E-state index contributed by atoms with van der Waals surface area (Å²) >= 11 is 0. The molecule has 7 heteroatoms. The summed E-state index contributed by atoms with van der Waals surface area (Å²) in [5.41, 5.74) is 3.02. The normalized spacial score (nSPS) is 16.7. The lowest BCUT2D eigenvalue weighted by molar-refractivity contribution is 0.486. The van der Waals surface area contributed by atoms with Gasteiger partial charge in [0.25, 0.3) is 0 Å². The van der Waals surface area contributed by atoms with Crippen molar-refractivity contribution >= 4 is 22.5 Å². The van der Waals surface area contributed by atoms with E-state index >= 15 is 0 Å². The van der Waals surface area contributed by atoms with Crippen molar-refractivity contribution in [1.29, 1.82) is 0 Å². The number of aromatic nitrogens is 5. The molecule has 1 aromatic carbocycles. The van der Waals surface area contributed by atoms with Gasteiger partial charge in [0.1, 0.15) is 5.82 Å². The Bertz CT molecular complexity index is 1140. The lowest BCUT2D eigenvalue weighted by atomic mass is 10.0. The molecule has 0 amide bonds. The zero-order valence-corrected chi connectivity index (χ0v) is 17.3. The number of para-hydroxylation sites is 1. The van der Waals surface area contributed by atoms with Gasteiger partial charge in [-0.1, -0.05) is 18.2 Å². The number of anilines is 2. The number of likely N-dealkylation sites (N-methyl/N-ethyl adjacent to an activating group) is 1. The number of nitrogens with zero attached hydrogens (tertiary/aromatic N) is 7. The van der Waals surface area contributed by atoms with E-state index in [1.54, 1.807) is 12.4 Å². The topological polar surface area (TPSA) is 63.0 Å². The van der Waals surface area contributed by atoms with Crippen molar-refractivity contribution in [2.24, 2.45) is 7.05 Å². The van der Waals surface area contributed by atoms with Crippen molar-refractivity contribution in [3.63, 3.8) is 0 Å². The summed E-state index contributed by atoms with van der Waals surface area (Å²) in [5.74, 6) is 1.60. The summed E-state index contributed by atoms with van der Waals surface area (Å²) in [7, 11) is 4.06. The molecule has 0 saturated carbocycles. The maximum absolute atomic E-state index is 4.96. The minimum Gasteiger partial charge on any atom is -0.369 e. The number of fused-ring (bicyclic) bond motifs is 1. The summed E-state index contributed by atoms with van der Waals surface area (Å²) in [4.78, 5) is 18.7. The molecule has 3 aromatic heterocycles. The molecule has 5 rings (SSSR count). The van der Waals surface area contributed by atoms with E-state index in [4.69, 9.17) is 9.97 Å². The number of aryl methyl sites for hydroxylation is 1. The molecule has 1 saturated heterocycles. The van der Waals surface area contributed by atoms with E-state index in [2.05, 4.69) is 57.3 Å². The van der Waals surface area contributed by atoms with Gasteiger partial charge in [-0.15, -0.1) is 0 Å². The fraction of sp³-hybridized carbons (Fsp3) is 0.304. The fourth-order valence-corrected chi connectivity index (χ4v) is 4.22. The van der Waals surface area contributed by atoms with Gasteiger partial charge < -0.3 is 9.80 Å². The first-order valence-corrected chi connectivity index (χ1v) is 10.3. The number of benzene rings is 1. The number of piperidine rings is 1. The Kier molecular flexibility index (Phi) is 4.78. The number of hydrogen-bond acceptors (Lipinski definition) is 6. The second-order valence-corrected chi connectivity index (χ2v) is 7.81. The highest BCUT2D eigenvalue weighted by molar-refractivity contribution is 5.88. The van der Waals surface area contributed by atoms with Gasteiger partial charge in [0.15, 0.2) is 11.5 Å². The third-order valence-corrected chi connectivity index (χ3v) is 5.89. The zero-order chi connectivity index (χ0) is 20.5. The quantitative estimate of drug-likeness (QED) is 0.523. The maximum atomic E-state index is 4.96. The molecule has 0 N–H and O–H groups in total. The maximum Gasteiger partial charge on any atom is 0.165 e. The number of pyridine rings is 1. The van der Waals surface area contributed by atoms with Crippen LogP contribution in [-0.2, 0) is 7.05 Å². The van der Waals surface area contributed by atoms with Crippen LogP contribution >= 0.6 is 0 Å². The van der Waals surface area contributed by atoms with Crippen LogP contribution in [0.5, 0.6) is 0 Å². The monoisotopic (exact) mass is 399 g/mol. The molecule has 1 fully saturated rings. The van der Waals surface area contributed by atoms with E-state index in [-0.39, 0.29) is 0 Å². The Labute approximate surface area is 176 Å². The molecular weight excluding hydrogens is 374 g/mol. The van der Waals surface area contributed by atoms with Gasteiger partial charge in [-0.3, -0.25) is 9.67 Å². The first-order chi connectivity index (χ1) is 14.7. The second kappa shape index (κ2) is 7.74. The third-order valence-electron chi connectivity index (χ3n) is 5.89. The summed E-state index contributed by atoms with van der Waals surface area (Å²) in [6.07, 6.45) is 7.72. The molecule has 152 valence electrons. The van der Waals surface area contributed by atoms with Crippen LogP contribution in [0.25, 0.3) is 22.4 Å². The van der Waals surface area contributed by atoms with Crippen LogP contribution in [0.1, 0.15) is 12.8 Å². The molecule has 0 aliphatic carbocycles. The smallest absolute Gasteiger partial charge is 0.165 e. The fourth-order valence-electron chi connectivity index (χ4n) is 4.22. The van der Waals surface area contributed by atoms with Gasteiger partial charge in [0.05, 0.1) is 11.6 Å². The van der Waals surface area contributed by atoms with Crippen molar-refractivity contribution in [3.05, 3.63) is 61.1 Å². The van der Waals surface area contributed by atoms with Gasteiger partial charge in [-0.05, 0) is 37.1 Å². The first-order valence-electron chi connectivity index (χ1n) is 10.3. The van der Waals surface area contributed by atoms with Crippen LogP contribution in [0.15, 0.2) is 61.1 Å². The molecule has 0 radical (unpaired) electrons. The molecular formula is C23H25N7. The molecule has 0 spiro atoms. The van der Waals surface area contributed by atoms with Crippen molar-refractivity contribution in [1.82, 2.24) is 24.7 Å². The Morgan fingerprint density at radius 2 is 1.90 bits per heavy atom. The SMILES string of the molecule is CN(c1nc(-c2cccnc2)nc2c1cnn2C)C1CCCN(c2ccccc2)C1. The first kappa shape index (κ1) is 18.5. The molecule has 0 bridgehead atoms. The van der Waals surface area contributed by atoms with Crippen molar-refractivity contribution < 1.29 is 0 Å². The van der Waals surface area contributed by atoms with Crippen LogP contribution in [0, 0.1) is 0 Å². The molecule has 30 heavy (non-hydrogen) atoms. The molecule has 1 unspecified atom stereocenters. The van der Waals surface area contributed by atoms with E-state index < -0.39 is 0 Å². The third kappa shape index (κ3) is 3.36. The van der Waals surface area contributed by atoms with Gasteiger partial charge in [-0.25, -0.2) is 9.97 Å². The molecule has 1 aliphatic heterocycles. The zero-order valence-electron chi connectivity index (χ0n) is 17.3. The van der Waals surface area contributed by atoms with Gasteiger partial charge >= 0.3 is 0 Å². The summed E-state index contributed by atoms with van der Waals surface area (Å²) in [5, 5.41) is 5.42. The summed E-state index contributed by atoms with van der Waals surface area (Å²) in [6.45, 7) is 2.05. The Hall–Kier alpha value is -3.48. The minimum absolute atomic E-state index is 0.360. The highest BCUT2D eigenvalue weighted by Crippen LogP contribution is 2.30. The average Bonchev–Trinajstić information content (AvgIpc) is 3.20. The lowest BCUT2D eigenvalue weighted by Crippen LogP contribution is -2.47. The van der Waals surface area contributed by atoms with E-state index in [0.717, 1.165) is 48.3 Å². The molecule has 7 nitrogen and oxygen atoms in total. The Morgan fingerprint density at radius 1 is 1.03 bits per heavy atom. The predicted molar refractivity (Wildman–Crippen MR) is 120 cm³/mol. The molecule has 1 atom stereocenters. The summed E-state index contributed by atoms with van der Waals surface area (Å²) < 4.78 is 1.81. The van der Waals surface area contributed by atoms with Crippen LogP contribution in [0.3, 0.4) is 0 Å². The minimum atomic E-state index is 0.360. The molecule has 4 heterocycles. The lowest BCUT2D eigenvalue weighted by Gasteiger charge is -2.39. The van der Waals surface area contributed by atoms with Gasteiger partial charge in [0, 0.05) is 56.9 Å². The average molecular weight is 400 g/mol. The van der Waals surface area contributed by atoms with Gasteiger partial charge in [0.2, 0.25) is 0 Å².